The summed E-state index contributed by atoms with van der Waals surface area (Å²) in [4.78, 5) is 0. The summed E-state index contributed by atoms with van der Waals surface area (Å²) < 4.78 is 22.4. The fraction of sp³-hybridized carbons (Fsp3) is 0.308. The van der Waals surface area contributed by atoms with Crippen LogP contribution in [-0.2, 0) is 6.42 Å². The summed E-state index contributed by atoms with van der Waals surface area (Å²) in [6.07, 6.45) is 0.935. The molecule has 0 saturated heterocycles. The lowest BCUT2D eigenvalue weighted by molar-refractivity contribution is 0.174. The zero-order valence-electron chi connectivity index (χ0n) is 18.5. The highest BCUT2D eigenvalue weighted by Crippen LogP contribution is 2.46. The van der Waals surface area contributed by atoms with E-state index < -0.39 is 0 Å². The van der Waals surface area contributed by atoms with E-state index in [0.717, 1.165) is 45.8 Å². The summed E-state index contributed by atoms with van der Waals surface area (Å²) in [5.41, 5.74) is 4.71. The van der Waals surface area contributed by atoms with Crippen molar-refractivity contribution in [2.24, 2.45) is 0 Å². The van der Waals surface area contributed by atoms with Crippen LogP contribution >= 0.6 is 0 Å². The molecule has 4 heteroatoms. The first kappa shape index (κ1) is 21.6. The maximum Gasteiger partial charge on any atom is 0.231 e. The van der Waals surface area contributed by atoms with Crippen LogP contribution in [0.25, 0.3) is 21.9 Å². The number of hydrogen-bond donors (Lipinski definition) is 0. The number of aryl methyl sites for hydroxylation is 1. The van der Waals surface area contributed by atoms with Crippen LogP contribution in [0.4, 0.5) is 0 Å². The Balaban J connectivity index is 0.000000385. The van der Waals surface area contributed by atoms with Gasteiger partial charge in [-0.3, -0.25) is 0 Å². The van der Waals surface area contributed by atoms with Crippen molar-refractivity contribution in [1.29, 1.82) is 0 Å². The fourth-order valence-corrected chi connectivity index (χ4v) is 3.50. The van der Waals surface area contributed by atoms with Gasteiger partial charge in [-0.25, -0.2) is 0 Å². The van der Waals surface area contributed by atoms with E-state index in [1.165, 1.54) is 16.7 Å². The van der Waals surface area contributed by atoms with E-state index >= 15 is 0 Å². The molecule has 0 fully saturated rings. The number of allylic oxidation sites excluding steroid dienone is 1. The molecule has 2 aliphatic heterocycles. The Morgan fingerprint density at radius 1 is 0.833 bits per heavy atom. The van der Waals surface area contributed by atoms with E-state index in [2.05, 4.69) is 37.8 Å². The molecule has 2 aliphatic rings. The van der Waals surface area contributed by atoms with Gasteiger partial charge < -0.3 is 18.9 Å². The van der Waals surface area contributed by atoms with Crippen LogP contribution in [0.5, 0.6) is 23.0 Å². The smallest absolute Gasteiger partial charge is 0.231 e. The molecule has 3 aromatic carbocycles. The third-order valence-electron chi connectivity index (χ3n) is 4.65. The van der Waals surface area contributed by atoms with Crippen LogP contribution in [0.2, 0.25) is 0 Å². The third kappa shape index (κ3) is 4.23. The Kier molecular flexibility index (Phi) is 6.88. The standard InChI is InChI=1S/C20H16O4.C4H8.C2H6/c1-2-12-3-4-13-5-8-16-20(24-11-22-16)19(13)18(12)14-6-7-15-17(9-14)23-10-21-15;1-4(2)3;1-2/h3-9H,2,10-11H2,1H3;1H2,2-3H3;1-2H3. The fourth-order valence-electron chi connectivity index (χ4n) is 3.50. The lowest BCUT2D eigenvalue weighted by atomic mass is 9.91. The molecule has 30 heavy (non-hydrogen) atoms. The lowest BCUT2D eigenvalue weighted by Crippen LogP contribution is -1.94. The summed E-state index contributed by atoms with van der Waals surface area (Å²) in [5.74, 6) is 3.21. The van der Waals surface area contributed by atoms with Crippen molar-refractivity contribution in [2.45, 2.75) is 41.0 Å². The van der Waals surface area contributed by atoms with Crippen LogP contribution in [-0.4, -0.2) is 13.6 Å². The molecular weight excluding hydrogens is 376 g/mol. The Hall–Kier alpha value is -3.14. The summed E-state index contributed by atoms with van der Waals surface area (Å²) in [6, 6.07) is 14.5. The van der Waals surface area contributed by atoms with E-state index in [9.17, 15) is 0 Å². The van der Waals surface area contributed by atoms with Gasteiger partial charge in [-0.1, -0.05) is 50.6 Å². The number of rotatable bonds is 2. The topological polar surface area (TPSA) is 36.9 Å². The molecule has 0 N–H and O–H groups in total. The first-order chi connectivity index (χ1) is 14.6. The molecule has 0 atom stereocenters. The molecule has 2 heterocycles. The molecule has 4 nitrogen and oxygen atoms in total. The summed E-state index contributed by atoms with van der Waals surface area (Å²) in [7, 11) is 0. The second kappa shape index (κ2) is 9.57. The molecule has 3 aromatic rings. The Morgan fingerprint density at radius 3 is 2.17 bits per heavy atom. The molecule has 0 unspecified atom stereocenters. The van der Waals surface area contributed by atoms with E-state index in [0.29, 0.717) is 0 Å². The average Bonchev–Trinajstić information content (AvgIpc) is 3.42. The van der Waals surface area contributed by atoms with E-state index in [1.807, 2.05) is 45.9 Å². The van der Waals surface area contributed by atoms with Gasteiger partial charge in [-0.15, -0.1) is 6.58 Å². The quantitative estimate of drug-likeness (QED) is 0.424. The number of ether oxygens (including phenoxy) is 4. The molecule has 0 saturated carbocycles. The number of fused-ring (bicyclic) bond motifs is 4. The number of hydrogen-bond acceptors (Lipinski definition) is 4. The average molecular weight is 407 g/mol. The van der Waals surface area contributed by atoms with Crippen molar-refractivity contribution in [2.75, 3.05) is 13.6 Å². The predicted molar refractivity (Wildman–Crippen MR) is 123 cm³/mol. The molecule has 0 spiro atoms. The first-order valence-corrected chi connectivity index (χ1v) is 10.4. The van der Waals surface area contributed by atoms with Crippen LogP contribution in [0.1, 0.15) is 40.2 Å². The Bertz CT molecular complexity index is 1050. The minimum absolute atomic E-state index is 0.269. The Morgan fingerprint density at radius 2 is 1.43 bits per heavy atom. The van der Waals surface area contributed by atoms with Gasteiger partial charge >= 0.3 is 0 Å². The van der Waals surface area contributed by atoms with Crippen molar-refractivity contribution >= 4 is 10.8 Å². The maximum atomic E-state index is 5.79. The van der Waals surface area contributed by atoms with Gasteiger partial charge in [0.05, 0.1) is 0 Å². The van der Waals surface area contributed by atoms with E-state index in [-0.39, 0.29) is 13.6 Å². The van der Waals surface area contributed by atoms with Crippen molar-refractivity contribution in [3.05, 3.63) is 60.2 Å². The van der Waals surface area contributed by atoms with Gasteiger partial charge in [-0.2, -0.15) is 0 Å². The van der Waals surface area contributed by atoms with Crippen LogP contribution in [0.3, 0.4) is 0 Å². The molecular formula is C26H30O4. The van der Waals surface area contributed by atoms with Crippen LogP contribution < -0.4 is 18.9 Å². The lowest BCUT2D eigenvalue weighted by Gasteiger charge is -2.14. The largest absolute Gasteiger partial charge is 0.454 e. The predicted octanol–water partition coefficient (Wildman–Crippen LogP) is 7.14. The molecule has 0 aliphatic carbocycles. The highest BCUT2D eigenvalue weighted by atomic mass is 16.7. The summed E-state index contributed by atoms with van der Waals surface area (Å²) >= 11 is 0. The first-order valence-electron chi connectivity index (χ1n) is 10.4. The molecule has 158 valence electrons. The van der Waals surface area contributed by atoms with Gasteiger partial charge in [0.2, 0.25) is 13.6 Å². The molecule has 0 bridgehead atoms. The van der Waals surface area contributed by atoms with Crippen molar-refractivity contribution < 1.29 is 18.9 Å². The van der Waals surface area contributed by atoms with Gasteiger partial charge in [0, 0.05) is 5.39 Å². The zero-order chi connectivity index (χ0) is 21.7. The van der Waals surface area contributed by atoms with Gasteiger partial charge in [0.25, 0.3) is 0 Å². The van der Waals surface area contributed by atoms with Gasteiger partial charge in [0.1, 0.15) is 0 Å². The highest BCUT2D eigenvalue weighted by Gasteiger charge is 2.22. The summed E-state index contributed by atoms with van der Waals surface area (Å²) in [6.45, 7) is 14.2. The normalized spacial score (nSPS) is 12.6. The van der Waals surface area contributed by atoms with Gasteiger partial charge in [0.15, 0.2) is 23.0 Å². The van der Waals surface area contributed by atoms with Gasteiger partial charge in [-0.05, 0) is 60.5 Å². The second-order valence-corrected chi connectivity index (χ2v) is 7.13. The third-order valence-corrected chi connectivity index (χ3v) is 4.65. The highest BCUT2D eigenvalue weighted by molar-refractivity contribution is 6.04. The molecule has 0 amide bonds. The van der Waals surface area contributed by atoms with Crippen LogP contribution in [0, 0.1) is 0 Å². The molecule has 0 radical (unpaired) electrons. The SMILES string of the molecule is C=C(C)C.CC.CCc1ccc2ccc3c(c2c1-c1ccc2c(c1)OCO2)OCO3. The van der Waals surface area contributed by atoms with E-state index in [1.54, 1.807) is 0 Å². The zero-order valence-corrected chi connectivity index (χ0v) is 18.5. The maximum absolute atomic E-state index is 5.79. The number of benzene rings is 3. The van der Waals surface area contributed by atoms with Crippen molar-refractivity contribution in [3.63, 3.8) is 0 Å². The minimum atomic E-state index is 0.269. The second-order valence-electron chi connectivity index (χ2n) is 7.13. The summed E-state index contributed by atoms with van der Waals surface area (Å²) in [5, 5.41) is 2.24. The van der Waals surface area contributed by atoms with Crippen molar-refractivity contribution in [1.82, 2.24) is 0 Å². The molecule has 0 aromatic heterocycles. The van der Waals surface area contributed by atoms with Crippen LogP contribution in [0.15, 0.2) is 54.6 Å². The molecule has 5 rings (SSSR count). The van der Waals surface area contributed by atoms with Crippen molar-refractivity contribution in [3.8, 4) is 34.1 Å². The Labute approximate surface area is 179 Å². The minimum Gasteiger partial charge on any atom is -0.454 e. The van der Waals surface area contributed by atoms with E-state index in [4.69, 9.17) is 18.9 Å². The monoisotopic (exact) mass is 406 g/mol.